The molecular weight excluding hydrogens is 658 g/mol. The van der Waals surface area contributed by atoms with Gasteiger partial charge in [-0.3, -0.25) is 4.79 Å². The minimum absolute atomic E-state index is 0.0411. The van der Waals surface area contributed by atoms with Crippen molar-refractivity contribution >= 4 is 17.7 Å². The number of benzene rings is 3. The highest BCUT2D eigenvalue weighted by molar-refractivity contribution is 5.72. The smallest absolute Gasteiger partial charge is 0.410 e. The van der Waals surface area contributed by atoms with Crippen LogP contribution in [0.3, 0.4) is 0 Å². The summed E-state index contributed by atoms with van der Waals surface area (Å²) in [6, 6.07) is 22.7. The molecule has 0 aromatic heterocycles. The molecule has 0 bridgehead atoms. The van der Waals surface area contributed by atoms with Crippen molar-refractivity contribution in [3.8, 4) is 11.5 Å². The van der Waals surface area contributed by atoms with Gasteiger partial charge in [-0.05, 0) is 93.8 Å². The maximum Gasteiger partial charge on any atom is 0.410 e. The molecule has 282 valence electrons. The number of nitrogens with zero attached hydrogens (tertiary/aromatic N) is 1. The zero-order valence-corrected chi connectivity index (χ0v) is 31.6. The number of anilines is 1. The van der Waals surface area contributed by atoms with Gasteiger partial charge in [0, 0.05) is 50.1 Å². The third-order valence-corrected chi connectivity index (χ3v) is 9.47. The second kappa shape index (κ2) is 19.0. The quantitative estimate of drug-likeness (QED) is 0.145. The number of nitrogens with one attached hydrogen (secondary N) is 2. The number of amides is 2. The Morgan fingerprint density at radius 3 is 2.60 bits per heavy atom. The second-order valence-corrected chi connectivity index (χ2v) is 14.7. The molecule has 1 unspecified atom stereocenters. The van der Waals surface area contributed by atoms with Crippen LogP contribution in [-0.4, -0.2) is 75.1 Å². The van der Waals surface area contributed by atoms with Crippen LogP contribution in [-0.2, 0) is 32.0 Å². The van der Waals surface area contributed by atoms with Gasteiger partial charge in [-0.25, -0.2) is 4.79 Å². The molecule has 0 radical (unpaired) electrons. The maximum absolute atomic E-state index is 13.3. The van der Waals surface area contributed by atoms with Crippen LogP contribution >= 0.6 is 0 Å². The summed E-state index contributed by atoms with van der Waals surface area (Å²) in [6.07, 6.45) is 4.35. The van der Waals surface area contributed by atoms with Gasteiger partial charge in [0.05, 0.1) is 45.7 Å². The lowest BCUT2D eigenvalue weighted by Gasteiger charge is -2.40. The van der Waals surface area contributed by atoms with Gasteiger partial charge in [-0.15, -0.1) is 0 Å². The normalized spacial score (nSPS) is 17.8. The van der Waals surface area contributed by atoms with E-state index in [0.29, 0.717) is 39.5 Å². The van der Waals surface area contributed by atoms with Crippen molar-refractivity contribution in [3.05, 3.63) is 89.0 Å². The first kappa shape index (κ1) is 38.9. The summed E-state index contributed by atoms with van der Waals surface area (Å²) >= 11 is 0. The summed E-state index contributed by atoms with van der Waals surface area (Å²) in [5.41, 5.74) is 5.15. The molecule has 52 heavy (non-hydrogen) atoms. The number of ether oxygens (including phenoxy) is 5. The fourth-order valence-corrected chi connectivity index (χ4v) is 6.85. The fraction of sp³-hybridized carbons (Fsp3) is 0.524. The van der Waals surface area contributed by atoms with E-state index in [0.717, 1.165) is 78.9 Å². The van der Waals surface area contributed by atoms with E-state index in [2.05, 4.69) is 41.0 Å². The Labute approximate surface area is 309 Å². The lowest BCUT2D eigenvalue weighted by molar-refractivity contribution is -0.119. The minimum Gasteiger partial charge on any atom is -0.496 e. The average molecular weight is 716 g/mol. The number of fused-ring (bicyclic) bond motifs is 1. The fourth-order valence-electron chi connectivity index (χ4n) is 6.85. The molecule has 2 aliphatic heterocycles. The molecule has 1 fully saturated rings. The first-order chi connectivity index (χ1) is 25.1. The van der Waals surface area contributed by atoms with Crippen LogP contribution in [0.1, 0.15) is 94.1 Å². The van der Waals surface area contributed by atoms with E-state index in [1.54, 1.807) is 12.0 Å². The number of hydrogen-bond donors (Lipinski definition) is 2. The van der Waals surface area contributed by atoms with Crippen molar-refractivity contribution < 1.29 is 33.3 Å². The molecule has 0 aliphatic carbocycles. The van der Waals surface area contributed by atoms with Crippen LogP contribution in [0.2, 0.25) is 0 Å². The highest BCUT2D eigenvalue weighted by atomic mass is 16.6. The highest BCUT2D eigenvalue weighted by Crippen LogP contribution is 2.37. The standard InChI is InChI=1S/C42H57N3O7/c1-30(46)43-22-9-14-39(33-16-15-32-12-8-23-44-37(32)27-33)51-40-28-45(41(47)52-42(2,3)4)24-21-36(40)31-17-19-35(20-18-31)50-26-10-25-49-29-34-11-6-7-13-38(34)48-5/h6-7,11,13,15-20,27,36,39-40,44H,8-10,12,14,21-26,28-29H2,1-5H3,(H,43,46)/t36-,39?,40+/m1/s1. The third-order valence-electron chi connectivity index (χ3n) is 9.47. The van der Waals surface area contributed by atoms with Gasteiger partial charge in [0.2, 0.25) is 5.91 Å². The lowest BCUT2D eigenvalue weighted by atomic mass is 9.86. The molecule has 2 N–H and O–H groups in total. The number of piperidine rings is 1. The van der Waals surface area contributed by atoms with Gasteiger partial charge in [0.25, 0.3) is 0 Å². The number of aryl methyl sites for hydroxylation is 1. The van der Waals surface area contributed by atoms with Gasteiger partial charge in [-0.1, -0.05) is 42.5 Å². The number of para-hydroxylation sites is 1. The van der Waals surface area contributed by atoms with Crippen molar-refractivity contribution in [1.29, 1.82) is 0 Å². The monoisotopic (exact) mass is 715 g/mol. The van der Waals surface area contributed by atoms with Crippen LogP contribution in [0, 0.1) is 0 Å². The van der Waals surface area contributed by atoms with Crippen molar-refractivity contribution in [2.24, 2.45) is 0 Å². The average Bonchev–Trinajstić information content (AvgIpc) is 3.13. The number of carbonyl (C=O) groups is 2. The van der Waals surface area contributed by atoms with Crippen molar-refractivity contribution in [1.82, 2.24) is 10.2 Å². The van der Waals surface area contributed by atoms with Crippen LogP contribution in [0.5, 0.6) is 11.5 Å². The number of rotatable bonds is 16. The largest absolute Gasteiger partial charge is 0.496 e. The van der Waals surface area contributed by atoms with Gasteiger partial charge in [0.15, 0.2) is 0 Å². The number of hydrogen-bond acceptors (Lipinski definition) is 8. The van der Waals surface area contributed by atoms with Gasteiger partial charge < -0.3 is 39.2 Å². The van der Waals surface area contributed by atoms with E-state index in [1.165, 1.54) is 12.5 Å². The molecule has 2 amide bonds. The van der Waals surface area contributed by atoms with Crippen LogP contribution < -0.4 is 20.1 Å². The molecule has 0 spiro atoms. The van der Waals surface area contributed by atoms with Crippen molar-refractivity contribution in [2.45, 2.75) is 96.6 Å². The second-order valence-electron chi connectivity index (χ2n) is 14.7. The molecule has 5 rings (SSSR count). The number of likely N-dealkylation sites (tertiary alicyclic amines) is 1. The SMILES string of the molecule is COc1ccccc1COCCCOc1ccc([C@H]2CCN(C(=O)OC(C)(C)C)C[C@@H]2OC(CCCNC(C)=O)c2ccc3c(c2)NCCC3)cc1. The first-order valence-electron chi connectivity index (χ1n) is 18.8. The molecule has 10 nitrogen and oxygen atoms in total. The Hall–Kier alpha value is -4.28. The van der Waals surface area contributed by atoms with Gasteiger partial charge in [-0.2, -0.15) is 0 Å². The Morgan fingerprint density at radius 1 is 1.02 bits per heavy atom. The summed E-state index contributed by atoms with van der Waals surface area (Å²) in [5, 5.41) is 6.48. The van der Waals surface area contributed by atoms with E-state index in [4.69, 9.17) is 23.7 Å². The van der Waals surface area contributed by atoms with E-state index < -0.39 is 5.60 Å². The van der Waals surface area contributed by atoms with Crippen LogP contribution in [0.4, 0.5) is 10.5 Å². The number of carbonyl (C=O) groups excluding carboxylic acids is 2. The molecule has 0 saturated carbocycles. The molecule has 2 heterocycles. The summed E-state index contributed by atoms with van der Waals surface area (Å²) in [4.78, 5) is 26.7. The molecular formula is C42H57N3O7. The zero-order valence-electron chi connectivity index (χ0n) is 31.6. The maximum atomic E-state index is 13.3. The minimum atomic E-state index is -0.593. The molecule has 3 aromatic rings. The Kier molecular flexibility index (Phi) is 14.2. The lowest BCUT2D eigenvalue weighted by Crippen LogP contribution is -2.48. The van der Waals surface area contributed by atoms with E-state index >= 15 is 0 Å². The molecule has 3 atom stereocenters. The summed E-state index contributed by atoms with van der Waals surface area (Å²) in [7, 11) is 1.67. The van der Waals surface area contributed by atoms with Crippen LogP contribution in [0.25, 0.3) is 0 Å². The Bertz CT molecular complexity index is 1590. The summed E-state index contributed by atoms with van der Waals surface area (Å²) in [5.74, 6) is 1.65. The molecule has 2 aliphatic rings. The van der Waals surface area contributed by atoms with Crippen molar-refractivity contribution in [3.63, 3.8) is 0 Å². The van der Waals surface area contributed by atoms with Crippen molar-refractivity contribution in [2.75, 3.05) is 51.8 Å². The van der Waals surface area contributed by atoms with Gasteiger partial charge in [0.1, 0.15) is 17.1 Å². The predicted molar refractivity (Wildman–Crippen MR) is 203 cm³/mol. The summed E-state index contributed by atoms with van der Waals surface area (Å²) < 4.78 is 30.2. The third kappa shape index (κ3) is 11.6. The topological polar surface area (TPSA) is 108 Å². The van der Waals surface area contributed by atoms with E-state index in [1.807, 2.05) is 57.2 Å². The number of methoxy groups -OCH3 is 1. The van der Waals surface area contributed by atoms with Gasteiger partial charge >= 0.3 is 6.09 Å². The Balaban J connectivity index is 1.26. The van der Waals surface area contributed by atoms with E-state index in [9.17, 15) is 9.59 Å². The Morgan fingerprint density at radius 2 is 1.83 bits per heavy atom. The molecule has 1 saturated heterocycles. The molecule has 10 heteroatoms. The highest BCUT2D eigenvalue weighted by Gasteiger charge is 2.37. The predicted octanol–water partition coefficient (Wildman–Crippen LogP) is 7.81. The first-order valence-corrected chi connectivity index (χ1v) is 18.8. The summed E-state index contributed by atoms with van der Waals surface area (Å²) in [6.45, 7) is 11.3. The van der Waals surface area contributed by atoms with Crippen LogP contribution in [0.15, 0.2) is 66.7 Å². The zero-order chi connectivity index (χ0) is 36.9. The van der Waals surface area contributed by atoms with E-state index in [-0.39, 0.29) is 30.1 Å². The molecule has 3 aromatic carbocycles.